The van der Waals surface area contributed by atoms with Crippen molar-refractivity contribution in [1.29, 1.82) is 0 Å². The molecule has 0 atom stereocenters. The molecule has 0 aliphatic carbocycles. The number of methoxy groups -OCH3 is 1. The molecule has 2 aromatic carbocycles. The lowest BCUT2D eigenvalue weighted by atomic mass is 10.1. The number of benzene rings is 2. The van der Waals surface area contributed by atoms with E-state index in [9.17, 15) is 9.59 Å². The highest BCUT2D eigenvalue weighted by molar-refractivity contribution is 5.75. The average Bonchev–Trinajstić information content (AvgIpc) is 2.70. The van der Waals surface area contributed by atoms with Crippen LogP contribution in [0.4, 0.5) is 0 Å². The number of hydrogen-bond donors (Lipinski definition) is 1. The van der Waals surface area contributed by atoms with E-state index in [1.807, 2.05) is 54.6 Å². The van der Waals surface area contributed by atoms with Crippen LogP contribution in [-0.4, -0.2) is 29.1 Å². The normalized spacial score (nSPS) is 10.4. The van der Waals surface area contributed by atoms with Crippen molar-refractivity contribution >= 4 is 5.91 Å². The van der Waals surface area contributed by atoms with E-state index in [-0.39, 0.29) is 18.0 Å². The molecule has 0 bridgehead atoms. The first-order valence-electron chi connectivity index (χ1n) is 8.67. The molecule has 0 saturated heterocycles. The number of carbonyl (C=O) groups excluding carboxylic acids is 1. The Bertz CT molecular complexity index is 950. The third-order valence-electron chi connectivity index (χ3n) is 4.16. The maximum absolute atomic E-state index is 12.3. The van der Waals surface area contributed by atoms with E-state index >= 15 is 0 Å². The van der Waals surface area contributed by atoms with Crippen LogP contribution in [0, 0.1) is 0 Å². The van der Waals surface area contributed by atoms with E-state index in [1.54, 1.807) is 7.11 Å². The molecule has 1 N–H and O–H groups in total. The first kappa shape index (κ1) is 18.4. The lowest BCUT2D eigenvalue weighted by molar-refractivity contribution is -0.121. The average molecular weight is 363 g/mol. The van der Waals surface area contributed by atoms with Gasteiger partial charge < -0.3 is 10.1 Å². The summed E-state index contributed by atoms with van der Waals surface area (Å²) in [6, 6.07) is 18.6. The summed E-state index contributed by atoms with van der Waals surface area (Å²) in [5.74, 6) is 0.520. The number of rotatable bonds is 7. The fourth-order valence-electron chi connectivity index (χ4n) is 2.67. The molecule has 0 aliphatic rings. The second-order valence-electron chi connectivity index (χ2n) is 6.05. The molecule has 1 aromatic heterocycles. The van der Waals surface area contributed by atoms with Crippen molar-refractivity contribution in [3.63, 3.8) is 0 Å². The first-order valence-corrected chi connectivity index (χ1v) is 8.67. The lowest BCUT2D eigenvalue weighted by Crippen LogP contribution is -2.33. The van der Waals surface area contributed by atoms with Gasteiger partial charge in [-0.3, -0.25) is 14.2 Å². The summed E-state index contributed by atoms with van der Waals surface area (Å²) >= 11 is 0. The Balaban J connectivity index is 1.58. The monoisotopic (exact) mass is 363 g/mol. The second kappa shape index (κ2) is 8.80. The van der Waals surface area contributed by atoms with Crippen LogP contribution in [-0.2, 0) is 17.8 Å². The zero-order valence-corrected chi connectivity index (χ0v) is 15.1. The molecule has 0 spiro atoms. The van der Waals surface area contributed by atoms with Crippen molar-refractivity contribution in [2.45, 2.75) is 13.0 Å². The minimum atomic E-state index is -0.269. The van der Waals surface area contributed by atoms with E-state index in [0.717, 1.165) is 23.3 Å². The number of ether oxygens (including phenoxy) is 1. The van der Waals surface area contributed by atoms with Gasteiger partial charge >= 0.3 is 0 Å². The summed E-state index contributed by atoms with van der Waals surface area (Å²) < 4.78 is 6.42. The van der Waals surface area contributed by atoms with Crippen LogP contribution in [0.25, 0.3) is 11.3 Å². The Hall–Kier alpha value is -3.41. The molecule has 1 amide bonds. The molecule has 0 saturated carbocycles. The van der Waals surface area contributed by atoms with Gasteiger partial charge in [-0.25, -0.2) is 4.98 Å². The quantitative estimate of drug-likeness (QED) is 0.699. The molecule has 6 nitrogen and oxygen atoms in total. The van der Waals surface area contributed by atoms with Gasteiger partial charge in [0.25, 0.3) is 5.56 Å². The van der Waals surface area contributed by atoms with Crippen LogP contribution in [0.15, 0.2) is 71.8 Å². The van der Waals surface area contributed by atoms with Crippen molar-refractivity contribution in [3.05, 3.63) is 82.9 Å². The van der Waals surface area contributed by atoms with Crippen LogP contribution in [0.5, 0.6) is 5.75 Å². The van der Waals surface area contributed by atoms with E-state index in [0.29, 0.717) is 12.2 Å². The molecular weight excluding hydrogens is 342 g/mol. The Kier molecular flexibility index (Phi) is 5.99. The zero-order chi connectivity index (χ0) is 19.1. The minimum absolute atomic E-state index is 0.0521. The summed E-state index contributed by atoms with van der Waals surface area (Å²) in [5, 5.41) is 2.83. The van der Waals surface area contributed by atoms with E-state index in [4.69, 9.17) is 4.74 Å². The van der Waals surface area contributed by atoms with Gasteiger partial charge in [-0.15, -0.1) is 0 Å². The molecule has 27 heavy (non-hydrogen) atoms. The van der Waals surface area contributed by atoms with Crippen molar-refractivity contribution in [1.82, 2.24) is 14.9 Å². The van der Waals surface area contributed by atoms with Crippen molar-refractivity contribution in [2.24, 2.45) is 0 Å². The maximum atomic E-state index is 12.3. The van der Waals surface area contributed by atoms with Crippen LogP contribution >= 0.6 is 0 Å². The Morgan fingerprint density at radius 3 is 2.52 bits per heavy atom. The van der Waals surface area contributed by atoms with Gasteiger partial charge in [-0.05, 0) is 36.2 Å². The van der Waals surface area contributed by atoms with Gasteiger partial charge in [0.05, 0.1) is 19.1 Å². The van der Waals surface area contributed by atoms with Gasteiger partial charge in [0.2, 0.25) is 5.91 Å². The zero-order valence-electron chi connectivity index (χ0n) is 15.1. The Morgan fingerprint density at radius 1 is 1.11 bits per heavy atom. The highest BCUT2D eigenvalue weighted by Gasteiger charge is 2.07. The van der Waals surface area contributed by atoms with Gasteiger partial charge in [-0.1, -0.05) is 30.3 Å². The standard InChI is InChI=1S/C21H21N3O3/c1-27-18-9-7-17(8-10-18)19-13-21(26)24(15-23-19)14-20(25)22-12-11-16-5-3-2-4-6-16/h2-10,13,15H,11-12,14H2,1H3,(H,22,25). The van der Waals surface area contributed by atoms with Gasteiger partial charge in [0.15, 0.2) is 0 Å². The lowest BCUT2D eigenvalue weighted by Gasteiger charge is -2.08. The molecule has 1 heterocycles. The molecule has 3 rings (SSSR count). The topological polar surface area (TPSA) is 73.2 Å². The summed E-state index contributed by atoms with van der Waals surface area (Å²) in [7, 11) is 1.60. The fourth-order valence-corrected chi connectivity index (χ4v) is 2.67. The third kappa shape index (κ3) is 5.04. The smallest absolute Gasteiger partial charge is 0.254 e. The second-order valence-corrected chi connectivity index (χ2v) is 6.05. The molecule has 3 aromatic rings. The summed E-state index contributed by atoms with van der Waals surface area (Å²) in [6.45, 7) is 0.471. The molecule has 0 radical (unpaired) electrons. The summed E-state index contributed by atoms with van der Waals surface area (Å²) in [4.78, 5) is 28.6. The molecule has 6 heteroatoms. The predicted octanol–water partition coefficient (Wildman–Crippen LogP) is 2.28. The minimum Gasteiger partial charge on any atom is -0.497 e. The van der Waals surface area contributed by atoms with Crippen molar-refractivity contribution in [3.8, 4) is 17.0 Å². The maximum Gasteiger partial charge on any atom is 0.254 e. The number of aromatic nitrogens is 2. The van der Waals surface area contributed by atoms with Crippen LogP contribution in [0.2, 0.25) is 0 Å². The molecule has 0 unspecified atom stereocenters. The fraction of sp³-hybridized carbons (Fsp3) is 0.190. The van der Waals surface area contributed by atoms with Crippen molar-refractivity contribution in [2.75, 3.05) is 13.7 Å². The van der Waals surface area contributed by atoms with Gasteiger partial charge in [0, 0.05) is 18.2 Å². The Labute approximate surface area is 157 Å². The molecule has 0 aliphatic heterocycles. The van der Waals surface area contributed by atoms with E-state index in [2.05, 4.69) is 10.3 Å². The van der Waals surface area contributed by atoms with Crippen molar-refractivity contribution < 1.29 is 9.53 Å². The van der Waals surface area contributed by atoms with Gasteiger partial charge in [0.1, 0.15) is 12.3 Å². The van der Waals surface area contributed by atoms with E-state index < -0.39 is 0 Å². The number of amides is 1. The predicted molar refractivity (Wildman–Crippen MR) is 104 cm³/mol. The van der Waals surface area contributed by atoms with E-state index in [1.165, 1.54) is 17.0 Å². The number of nitrogens with zero attached hydrogens (tertiary/aromatic N) is 2. The number of carbonyl (C=O) groups is 1. The number of nitrogens with one attached hydrogen (secondary N) is 1. The van der Waals surface area contributed by atoms with Gasteiger partial charge in [-0.2, -0.15) is 0 Å². The molecule has 138 valence electrons. The third-order valence-corrected chi connectivity index (χ3v) is 4.16. The summed E-state index contributed by atoms with van der Waals surface area (Å²) in [5.41, 5.74) is 2.25. The first-order chi connectivity index (χ1) is 13.2. The summed E-state index contributed by atoms with van der Waals surface area (Å²) in [6.07, 6.45) is 2.15. The van der Waals surface area contributed by atoms with Crippen LogP contribution < -0.4 is 15.6 Å². The molecule has 0 fully saturated rings. The van der Waals surface area contributed by atoms with Crippen LogP contribution in [0.3, 0.4) is 0 Å². The molecular formula is C21H21N3O3. The number of hydrogen-bond acceptors (Lipinski definition) is 4. The Morgan fingerprint density at radius 2 is 1.85 bits per heavy atom. The van der Waals surface area contributed by atoms with Crippen LogP contribution in [0.1, 0.15) is 5.56 Å². The SMILES string of the molecule is COc1ccc(-c2cc(=O)n(CC(=O)NCCc3ccccc3)cn2)cc1. The highest BCUT2D eigenvalue weighted by atomic mass is 16.5. The highest BCUT2D eigenvalue weighted by Crippen LogP contribution is 2.19. The largest absolute Gasteiger partial charge is 0.497 e.